The predicted molar refractivity (Wildman–Crippen MR) is 94.0 cm³/mol. The topological polar surface area (TPSA) is 67.2 Å². The number of nitrogens with zero attached hydrogens (tertiary/aromatic N) is 3. The fraction of sp³-hybridized carbons (Fsp3) is 0.353. The van der Waals surface area contributed by atoms with Crippen molar-refractivity contribution in [3.05, 3.63) is 42.7 Å². The molecule has 1 atom stereocenters. The highest BCUT2D eigenvalue weighted by Crippen LogP contribution is 2.34. The Morgan fingerprint density at radius 2 is 2.21 bits per heavy atom. The fourth-order valence-corrected chi connectivity index (χ4v) is 3.63. The first kappa shape index (κ1) is 16.6. The number of hydrogen-bond acceptors (Lipinski definition) is 4. The molecule has 0 bridgehead atoms. The minimum Gasteiger partial charge on any atom is -0.352 e. The molecule has 3 rings (SSSR count). The lowest BCUT2D eigenvalue weighted by atomic mass is 10.2. The number of amides is 2. The van der Waals surface area contributed by atoms with E-state index in [4.69, 9.17) is 0 Å². The van der Waals surface area contributed by atoms with Crippen LogP contribution in [0.2, 0.25) is 0 Å². The van der Waals surface area contributed by atoms with Gasteiger partial charge in [-0.15, -0.1) is 11.8 Å². The second-order valence-electron chi connectivity index (χ2n) is 5.75. The lowest BCUT2D eigenvalue weighted by molar-refractivity contribution is -0.121. The molecule has 1 N–H and O–H groups in total. The molecule has 0 fully saturated rings. The molecule has 0 aliphatic carbocycles. The zero-order valence-electron chi connectivity index (χ0n) is 13.5. The van der Waals surface area contributed by atoms with Crippen LogP contribution in [0.3, 0.4) is 0 Å². The minimum atomic E-state index is -0.0573. The number of thioether (sulfide) groups is 1. The predicted octanol–water partition coefficient (Wildman–Crippen LogP) is 1.92. The average Bonchev–Trinajstić information content (AvgIpc) is 3.06. The molecular formula is C17H20N4O2S. The molecule has 2 amide bonds. The molecule has 1 aliphatic heterocycles. The van der Waals surface area contributed by atoms with Crippen molar-refractivity contribution in [2.75, 3.05) is 17.2 Å². The highest BCUT2D eigenvalue weighted by molar-refractivity contribution is 8.00. The van der Waals surface area contributed by atoms with E-state index in [0.717, 1.165) is 10.6 Å². The van der Waals surface area contributed by atoms with Crippen molar-refractivity contribution in [3.63, 3.8) is 0 Å². The van der Waals surface area contributed by atoms with E-state index in [0.29, 0.717) is 18.8 Å². The van der Waals surface area contributed by atoms with Gasteiger partial charge in [0.25, 0.3) is 0 Å². The molecule has 0 saturated heterocycles. The molecule has 0 spiro atoms. The first-order valence-corrected chi connectivity index (χ1v) is 8.91. The highest BCUT2D eigenvalue weighted by atomic mass is 32.2. The summed E-state index contributed by atoms with van der Waals surface area (Å²) in [4.78, 5) is 27.1. The standard InChI is InChI=1S/C17H20N4O2S/c1-13(11-20-9-4-8-18-20)19-16(22)7-10-21-14-5-2-3-6-15(14)24-12-17(21)23/h2-6,8-9,13H,7,10-12H2,1H3,(H,19,22)/t13-/m0/s1. The Hall–Kier alpha value is -2.28. The van der Waals surface area contributed by atoms with Crippen molar-refractivity contribution in [3.8, 4) is 0 Å². The van der Waals surface area contributed by atoms with E-state index in [9.17, 15) is 9.59 Å². The Morgan fingerprint density at radius 1 is 1.38 bits per heavy atom. The van der Waals surface area contributed by atoms with Crippen LogP contribution >= 0.6 is 11.8 Å². The zero-order valence-corrected chi connectivity index (χ0v) is 14.3. The van der Waals surface area contributed by atoms with Gasteiger partial charge >= 0.3 is 0 Å². The third-order valence-corrected chi connectivity index (χ3v) is 4.85. The lowest BCUT2D eigenvalue weighted by Crippen LogP contribution is -2.41. The third-order valence-electron chi connectivity index (χ3n) is 3.80. The third kappa shape index (κ3) is 3.97. The Labute approximate surface area is 145 Å². The fourth-order valence-electron chi connectivity index (χ4n) is 2.69. The molecule has 6 nitrogen and oxygen atoms in total. The zero-order chi connectivity index (χ0) is 16.9. The van der Waals surface area contributed by atoms with Crippen molar-refractivity contribution in [1.29, 1.82) is 0 Å². The van der Waals surface area contributed by atoms with Crippen molar-refractivity contribution < 1.29 is 9.59 Å². The summed E-state index contributed by atoms with van der Waals surface area (Å²) in [5.74, 6) is 0.420. The van der Waals surface area contributed by atoms with Gasteiger partial charge in [-0.05, 0) is 25.1 Å². The van der Waals surface area contributed by atoms with Gasteiger partial charge in [-0.2, -0.15) is 5.10 Å². The summed E-state index contributed by atoms with van der Waals surface area (Å²) in [6, 6.07) is 9.65. The maximum atomic E-state index is 12.2. The Morgan fingerprint density at radius 3 is 3.00 bits per heavy atom. The molecular weight excluding hydrogens is 324 g/mol. The Bertz CT molecular complexity index is 717. The number of carbonyl (C=O) groups is 2. The van der Waals surface area contributed by atoms with E-state index in [2.05, 4.69) is 10.4 Å². The lowest BCUT2D eigenvalue weighted by Gasteiger charge is -2.28. The van der Waals surface area contributed by atoms with Gasteiger partial charge < -0.3 is 10.2 Å². The first-order chi connectivity index (χ1) is 11.6. The number of aromatic nitrogens is 2. The second-order valence-corrected chi connectivity index (χ2v) is 6.77. The molecule has 24 heavy (non-hydrogen) atoms. The van der Waals surface area contributed by atoms with Crippen LogP contribution in [-0.2, 0) is 16.1 Å². The van der Waals surface area contributed by atoms with E-state index < -0.39 is 0 Å². The van der Waals surface area contributed by atoms with Crippen LogP contribution in [0, 0.1) is 0 Å². The smallest absolute Gasteiger partial charge is 0.237 e. The molecule has 2 heterocycles. The molecule has 1 aromatic carbocycles. The Kier molecular flexibility index (Phi) is 5.20. The Balaban J connectivity index is 1.53. The molecule has 7 heteroatoms. The summed E-state index contributed by atoms with van der Waals surface area (Å²) in [6.07, 6.45) is 3.86. The second kappa shape index (κ2) is 7.53. The van der Waals surface area contributed by atoms with Gasteiger partial charge in [0.05, 0.1) is 18.0 Å². The number of carbonyl (C=O) groups excluding carboxylic acids is 2. The monoisotopic (exact) mass is 344 g/mol. The molecule has 2 aromatic rings. The van der Waals surface area contributed by atoms with Gasteiger partial charge in [-0.1, -0.05) is 12.1 Å². The SMILES string of the molecule is C[C@@H](Cn1cccn1)NC(=O)CCN1C(=O)CSc2ccccc21. The summed E-state index contributed by atoms with van der Waals surface area (Å²) in [6.45, 7) is 2.97. The van der Waals surface area contributed by atoms with Gasteiger partial charge in [0.2, 0.25) is 11.8 Å². The molecule has 1 aliphatic rings. The van der Waals surface area contributed by atoms with Gasteiger partial charge in [0.15, 0.2) is 0 Å². The summed E-state index contributed by atoms with van der Waals surface area (Å²) in [5, 5.41) is 7.08. The molecule has 0 saturated carbocycles. The highest BCUT2D eigenvalue weighted by Gasteiger charge is 2.24. The maximum absolute atomic E-state index is 12.2. The van der Waals surface area contributed by atoms with Gasteiger partial charge in [0, 0.05) is 36.3 Å². The van der Waals surface area contributed by atoms with E-state index in [-0.39, 0.29) is 24.3 Å². The van der Waals surface area contributed by atoms with Crippen LogP contribution in [0.1, 0.15) is 13.3 Å². The van der Waals surface area contributed by atoms with Crippen LogP contribution in [0.5, 0.6) is 0 Å². The van der Waals surface area contributed by atoms with Crippen LogP contribution in [-0.4, -0.2) is 39.9 Å². The van der Waals surface area contributed by atoms with Crippen molar-refractivity contribution in [1.82, 2.24) is 15.1 Å². The summed E-state index contributed by atoms with van der Waals surface area (Å²) < 4.78 is 1.78. The largest absolute Gasteiger partial charge is 0.352 e. The van der Waals surface area contributed by atoms with Gasteiger partial charge in [-0.3, -0.25) is 14.3 Å². The van der Waals surface area contributed by atoms with Crippen molar-refractivity contribution >= 4 is 29.3 Å². The summed E-state index contributed by atoms with van der Waals surface area (Å²) in [5.41, 5.74) is 0.899. The summed E-state index contributed by atoms with van der Waals surface area (Å²) >= 11 is 1.55. The van der Waals surface area contributed by atoms with E-state index >= 15 is 0 Å². The number of benzene rings is 1. The number of rotatable bonds is 6. The van der Waals surface area contributed by atoms with Crippen molar-refractivity contribution in [2.24, 2.45) is 0 Å². The van der Waals surface area contributed by atoms with Crippen molar-refractivity contribution in [2.45, 2.75) is 30.8 Å². The minimum absolute atomic E-state index is 0.0164. The van der Waals surface area contributed by atoms with Gasteiger partial charge in [-0.25, -0.2) is 0 Å². The molecule has 126 valence electrons. The van der Waals surface area contributed by atoms with Crippen LogP contribution < -0.4 is 10.2 Å². The van der Waals surface area contributed by atoms with E-state index in [1.807, 2.05) is 43.5 Å². The van der Waals surface area contributed by atoms with Crippen LogP contribution in [0.25, 0.3) is 0 Å². The average molecular weight is 344 g/mol. The molecule has 0 radical (unpaired) electrons. The number of hydrogen-bond donors (Lipinski definition) is 1. The van der Waals surface area contributed by atoms with Gasteiger partial charge in [0.1, 0.15) is 0 Å². The number of anilines is 1. The number of fused-ring (bicyclic) bond motifs is 1. The molecule has 0 unspecified atom stereocenters. The van der Waals surface area contributed by atoms with Crippen LogP contribution in [0.15, 0.2) is 47.6 Å². The number of para-hydroxylation sites is 1. The maximum Gasteiger partial charge on any atom is 0.237 e. The number of nitrogens with one attached hydrogen (secondary N) is 1. The van der Waals surface area contributed by atoms with E-state index in [1.165, 1.54) is 0 Å². The van der Waals surface area contributed by atoms with Crippen LogP contribution in [0.4, 0.5) is 5.69 Å². The molecule has 1 aromatic heterocycles. The summed E-state index contributed by atoms with van der Waals surface area (Å²) in [7, 11) is 0. The first-order valence-electron chi connectivity index (χ1n) is 7.92. The quantitative estimate of drug-likeness (QED) is 0.869. The van der Waals surface area contributed by atoms with E-state index in [1.54, 1.807) is 27.5 Å². The normalized spacial score (nSPS) is 15.0.